The van der Waals surface area contributed by atoms with Gasteiger partial charge in [-0.2, -0.15) is 0 Å². The molecule has 1 aromatic heterocycles. The lowest BCUT2D eigenvalue weighted by atomic mass is 10.1. The standard InChI is InChI=1S/C20H27N3O2/c1-22-9-4-5-16(22)8-12-25-17-6-7-18-15(13-17)14-19(21-18)20(24)23-10-2-3-11-23/h6-7,13-14,16,21H,2-5,8-12H2,1H3. The Labute approximate surface area is 148 Å². The van der Waals surface area contributed by atoms with Gasteiger partial charge < -0.3 is 19.5 Å². The number of aromatic amines is 1. The molecule has 0 saturated carbocycles. The summed E-state index contributed by atoms with van der Waals surface area (Å²) in [5, 5.41) is 1.04. The maximum absolute atomic E-state index is 12.5. The van der Waals surface area contributed by atoms with Crippen LogP contribution in [0.5, 0.6) is 5.75 Å². The quantitative estimate of drug-likeness (QED) is 0.908. The van der Waals surface area contributed by atoms with Crippen molar-refractivity contribution in [1.29, 1.82) is 0 Å². The predicted molar refractivity (Wildman–Crippen MR) is 99.2 cm³/mol. The number of nitrogens with zero attached hydrogens (tertiary/aromatic N) is 2. The molecule has 2 aliphatic rings. The molecule has 1 unspecified atom stereocenters. The van der Waals surface area contributed by atoms with Crippen molar-refractivity contribution in [3.63, 3.8) is 0 Å². The number of amides is 1. The number of nitrogens with one attached hydrogen (secondary N) is 1. The van der Waals surface area contributed by atoms with E-state index in [1.165, 1.54) is 19.4 Å². The first-order chi connectivity index (χ1) is 12.2. The Morgan fingerprint density at radius 1 is 1.20 bits per heavy atom. The summed E-state index contributed by atoms with van der Waals surface area (Å²) in [7, 11) is 2.20. The van der Waals surface area contributed by atoms with Gasteiger partial charge >= 0.3 is 0 Å². The highest BCUT2D eigenvalue weighted by Crippen LogP contribution is 2.24. The normalized spacial score (nSPS) is 21.3. The van der Waals surface area contributed by atoms with Crippen LogP contribution in [0.15, 0.2) is 24.3 Å². The maximum Gasteiger partial charge on any atom is 0.270 e. The van der Waals surface area contributed by atoms with E-state index in [0.717, 1.165) is 55.6 Å². The van der Waals surface area contributed by atoms with Crippen molar-refractivity contribution in [2.45, 2.75) is 38.1 Å². The average molecular weight is 341 g/mol. The summed E-state index contributed by atoms with van der Waals surface area (Å²) in [6, 6.07) is 8.63. The van der Waals surface area contributed by atoms with E-state index in [-0.39, 0.29) is 5.91 Å². The highest BCUT2D eigenvalue weighted by atomic mass is 16.5. The molecule has 1 atom stereocenters. The van der Waals surface area contributed by atoms with Crippen molar-refractivity contribution in [2.75, 3.05) is 33.3 Å². The second kappa shape index (κ2) is 7.08. The summed E-state index contributed by atoms with van der Waals surface area (Å²) in [5.74, 6) is 0.993. The Morgan fingerprint density at radius 2 is 2.04 bits per heavy atom. The third-order valence-electron chi connectivity index (χ3n) is 5.61. The third-order valence-corrected chi connectivity index (χ3v) is 5.61. The van der Waals surface area contributed by atoms with E-state index >= 15 is 0 Å². The molecule has 0 radical (unpaired) electrons. The first kappa shape index (κ1) is 16.5. The molecule has 1 amide bonds. The monoisotopic (exact) mass is 341 g/mol. The maximum atomic E-state index is 12.5. The lowest BCUT2D eigenvalue weighted by Gasteiger charge is -2.19. The van der Waals surface area contributed by atoms with Gasteiger partial charge in [-0.25, -0.2) is 0 Å². The van der Waals surface area contributed by atoms with Gasteiger partial charge in [-0.15, -0.1) is 0 Å². The largest absolute Gasteiger partial charge is 0.494 e. The van der Waals surface area contributed by atoms with Crippen LogP contribution in [0, 0.1) is 0 Å². The minimum Gasteiger partial charge on any atom is -0.494 e. The second-order valence-electron chi connectivity index (χ2n) is 7.35. The Morgan fingerprint density at radius 3 is 2.80 bits per heavy atom. The Balaban J connectivity index is 1.40. The molecule has 3 heterocycles. The van der Waals surface area contributed by atoms with E-state index < -0.39 is 0 Å². The lowest BCUT2D eigenvalue weighted by molar-refractivity contribution is 0.0788. The summed E-state index contributed by atoms with van der Waals surface area (Å²) in [6.45, 7) is 3.69. The molecule has 2 aliphatic heterocycles. The van der Waals surface area contributed by atoms with E-state index in [4.69, 9.17) is 4.74 Å². The van der Waals surface area contributed by atoms with Gasteiger partial charge in [-0.3, -0.25) is 4.79 Å². The van der Waals surface area contributed by atoms with Gasteiger partial charge in [-0.1, -0.05) is 0 Å². The molecule has 1 aromatic carbocycles. The first-order valence-corrected chi connectivity index (χ1v) is 9.46. The molecule has 0 bridgehead atoms. The summed E-state index contributed by atoms with van der Waals surface area (Å²) in [6.07, 6.45) is 5.86. The van der Waals surface area contributed by atoms with Gasteiger partial charge in [0.1, 0.15) is 11.4 Å². The summed E-state index contributed by atoms with van der Waals surface area (Å²) >= 11 is 0. The van der Waals surface area contributed by atoms with Gasteiger partial charge in [-0.05, 0) is 70.0 Å². The number of aromatic nitrogens is 1. The molecule has 1 N–H and O–H groups in total. The number of carbonyl (C=O) groups is 1. The highest BCUT2D eigenvalue weighted by Gasteiger charge is 2.22. The van der Waals surface area contributed by atoms with Crippen molar-refractivity contribution in [2.24, 2.45) is 0 Å². The summed E-state index contributed by atoms with van der Waals surface area (Å²) < 4.78 is 5.96. The topological polar surface area (TPSA) is 48.6 Å². The molecule has 0 spiro atoms. The summed E-state index contributed by atoms with van der Waals surface area (Å²) in [5.41, 5.74) is 1.67. The van der Waals surface area contributed by atoms with Crippen LogP contribution in [0.1, 0.15) is 42.6 Å². The number of likely N-dealkylation sites (tertiary alicyclic amines) is 2. The van der Waals surface area contributed by atoms with E-state index in [0.29, 0.717) is 11.7 Å². The van der Waals surface area contributed by atoms with Crippen LogP contribution >= 0.6 is 0 Å². The SMILES string of the molecule is CN1CCCC1CCOc1ccc2[nH]c(C(=O)N3CCCC3)cc2c1. The fourth-order valence-electron chi connectivity index (χ4n) is 4.06. The molecule has 2 saturated heterocycles. The van der Waals surface area contributed by atoms with Crippen LogP contribution in [-0.4, -0.2) is 60.0 Å². The van der Waals surface area contributed by atoms with Gasteiger partial charge in [0.25, 0.3) is 5.91 Å². The van der Waals surface area contributed by atoms with Crippen LogP contribution < -0.4 is 4.74 Å². The number of hydrogen-bond acceptors (Lipinski definition) is 3. The Hall–Kier alpha value is -2.01. The zero-order valence-corrected chi connectivity index (χ0v) is 15.0. The van der Waals surface area contributed by atoms with Gasteiger partial charge in [0.05, 0.1) is 6.61 Å². The molecule has 2 fully saturated rings. The second-order valence-corrected chi connectivity index (χ2v) is 7.35. The number of ether oxygens (including phenoxy) is 1. The molecular weight excluding hydrogens is 314 g/mol. The van der Waals surface area contributed by atoms with E-state index in [1.54, 1.807) is 0 Å². The van der Waals surface area contributed by atoms with Crippen LogP contribution in [0.4, 0.5) is 0 Å². The smallest absolute Gasteiger partial charge is 0.270 e. The van der Waals surface area contributed by atoms with Crippen LogP contribution in [0.3, 0.4) is 0 Å². The lowest BCUT2D eigenvalue weighted by Crippen LogP contribution is -2.27. The molecular formula is C20H27N3O2. The fraction of sp³-hybridized carbons (Fsp3) is 0.550. The number of carbonyl (C=O) groups excluding carboxylic acids is 1. The first-order valence-electron chi connectivity index (χ1n) is 9.46. The molecule has 134 valence electrons. The van der Waals surface area contributed by atoms with Gasteiger partial charge in [0.2, 0.25) is 0 Å². The Kier molecular flexibility index (Phi) is 4.66. The molecule has 5 nitrogen and oxygen atoms in total. The van der Waals surface area contributed by atoms with Gasteiger partial charge in [0, 0.05) is 30.0 Å². The highest BCUT2D eigenvalue weighted by molar-refractivity contribution is 5.98. The number of H-pyrrole nitrogens is 1. The van der Waals surface area contributed by atoms with Crippen molar-refractivity contribution in [3.8, 4) is 5.75 Å². The van der Waals surface area contributed by atoms with E-state index in [1.807, 2.05) is 29.2 Å². The summed E-state index contributed by atoms with van der Waals surface area (Å²) in [4.78, 5) is 20.1. The average Bonchev–Trinajstić information content (AvgIpc) is 3.34. The predicted octanol–water partition coefficient (Wildman–Crippen LogP) is 3.27. The van der Waals surface area contributed by atoms with Crippen molar-refractivity contribution in [3.05, 3.63) is 30.0 Å². The van der Waals surface area contributed by atoms with Crippen molar-refractivity contribution >= 4 is 16.8 Å². The van der Waals surface area contributed by atoms with E-state index in [9.17, 15) is 4.79 Å². The number of fused-ring (bicyclic) bond motifs is 1. The van der Waals surface area contributed by atoms with Gasteiger partial charge in [0.15, 0.2) is 0 Å². The van der Waals surface area contributed by atoms with Crippen LogP contribution in [0.25, 0.3) is 10.9 Å². The molecule has 25 heavy (non-hydrogen) atoms. The van der Waals surface area contributed by atoms with Crippen molar-refractivity contribution in [1.82, 2.24) is 14.8 Å². The molecule has 2 aromatic rings. The number of hydrogen-bond donors (Lipinski definition) is 1. The Bertz CT molecular complexity index is 748. The van der Waals surface area contributed by atoms with Crippen molar-refractivity contribution < 1.29 is 9.53 Å². The molecule has 0 aliphatic carbocycles. The van der Waals surface area contributed by atoms with E-state index in [2.05, 4.69) is 16.9 Å². The van der Waals surface area contributed by atoms with Crippen LogP contribution in [0.2, 0.25) is 0 Å². The number of rotatable bonds is 5. The number of benzene rings is 1. The fourth-order valence-corrected chi connectivity index (χ4v) is 4.06. The molecule has 5 heteroatoms. The third kappa shape index (κ3) is 3.52. The zero-order chi connectivity index (χ0) is 17.2. The zero-order valence-electron chi connectivity index (χ0n) is 15.0. The minimum absolute atomic E-state index is 0.112. The molecule has 4 rings (SSSR count). The minimum atomic E-state index is 0.112. The van der Waals surface area contributed by atoms with Crippen LogP contribution in [-0.2, 0) is 0 Å².